The molecular formula is C17H25BrN2O2. The second-order valence-corrected chi connectivity index (χ2v) is 6.86. The predicted molar refractivity (Wildman–Crippen MR) is 92.1 cm³/mol. The number of carbonyl (C=O) groups excluding carboxylic acids is 1. The molecule has 1 aliphatic rings. The summed E-state index contributed by atoms with van der Waals surface area (Å²) in [6, 6.07) is 8.02. The number of carbonyl (C=O) groups is 1. The van der Waals surface area contributed by atoms with Gasteiger partial charge in [-0.2, -0.15) is 0 Å². The SMILES string of the molecule is CC(C(=O)NC1CCCC1)N(C)CCOc1ccc(Br)cc1. The Kier molecular flexibility index (Phi) is 6.70. The zero-order valence-corrected chi connectivity index (χ0v) is 14.9. The monoisotopic (exact) mass is 368 g/mol. The van der Waals surface area contributed by atoms with Gasteiger partial charge in [-0.25, -0.2) is 0 Å². The molecule has 1 fully saturated rings. The van der Waals surface area contributed by atoms with Gasteiger partial charge in [0.2, 0.25) is 5.91 Å². The van der Waals surface area contributed by atoms with E-state index in [4.69, 9.17) is 4.74 Å². The Morgan fingerprint density at radius 1 is 1.36 bits per heavy atom. The summed E-state index contributed by atoms with van der Waals surface area (Å²) in [5, 5.41) is 3.15. The van der Waals surface area contributed by atoms with Crippen LogP contribution in [0.4, 0.5) is 0 Å². The molecule has 0 bridgehead atoms. The number of benzene rings is 1. The molecule has 0 spiro atoms. The van der Waals surface area contributed by atoms with Gasteiger partial charge >= 0.3 is 0 Å². The third-order valence-electron chi connectivity index (χ3n) is 4.27. The van der Waals surface area contributed by atoms with Crippen LogP contribution in [-0.4, -0.2) is 43.1 Å². The molecule has 0 heterocycles. The smallest absolute Gasteiger partial charge is 0.237 e. The van der Waals surface area contributed by atoms with Crippen LogP contribution in [-0.2, 0) is 4.79 Å². The lowest BCUT2D eigenvalue weighted by atomic mass is 10.2. The molecule has 1 aromatic carbocycles. The Morgan fingerprint density at radius 3 is 2.64 bits per heavy atom. The molecule has 0 aromatic heterocycles. The largest absolute Gasteiger partial charge is 0.492 e. The van der Waals surface area contributed by atoms with E-state index in [1.54, 1.807) is 0 Å². The highest BCUT2D eigenvalue weighted by Crippen LogP contribution is 2.18. The van der Waals surface area contributed by atoms with Crippen molar-refractivity contribution >= 4 is 21.8 Å². The molecule has 0 saturated heterocycles. The topological polar surface area (TPSA) is 41.6 Å². The maximum Gasteiger partial charge on any atom is 0.237 e. The van der Waals surface area contributed by atoms with E-state index in [9.17, 15) is 4.79 Å². The molecule has 1 atom stereocenters. The van der Waals surface area contributed by atoms with Crippen molar-refractivity contribution < 1.29 is 9.53 Å². The van der Waals surface area contributed by atoms with Gasteiger partial charge in [0.25, 0.3) is 0 Å². The van der Waals surface area contributed by atoms with E-state index in [0.717, 1.165) is 29.6 Å². The first-order valence-corrected chi connectivity index (χ1v) is 8.74. The maximum absolute atomic E-state index is 12.2. The van der Waals surface area contributed by atoms with Crippen LogP contribution in [0.15, 0.2) is 28.7 Å². The van der Waals surface area contributed by atoms with Crippen LogP contribution in [0.5, 0.6) is 5.75 Å². The molecule has 1 aromatic rings. The molecule has 1 N–H and O–H groups in total. The van der Waals surface area contributed by atoms with E-state index in [0.29, 0.717) is 12.6 Å². The van der Waals surface area contributed by atoms with Gasteiger partial charge in [0.1, 0.15) is 12.4 Å². The fourth-order valence-corrected chi connectivity index (χ4v) is 2.89. The number of hydrogen-bond donors (Lipinski definition) is 1. The van der Waals surface area contributed by atoms with Crippen molar-refractivity contribution in [3.05, 3.63) is 28.7 Å². The summed E-state index contributed by atoms with van der Waals surface area (Å²) in [7, 11) is 1.96. The summed E-state index contributed by atoms with van der Waals surface area (Å²) < 4.78 is 6.74. The highest BCUT2D eigenvalue weighted by Gasteiger charge is 2.22. The molecule has 0 radical (unpaired) electrons. The summed E-state index contributed by atoms with van der Waals surface area (Å²) in [5.74, 6) is 0.970. The second-order valence-electron chi connectivity index (χ2n) is 5.95. The van der Waals surface area contributed by atoms with Gasteiger partial charge in [-0.15, -0.1) is 0 Å². The number of nitrogens with zero attached hydrogens (tertiary/aromatic N) is 1. The standard InChI is InChI=1S/C17H25BrN2O2/c1-13(17(21)19-15-5-3-4-6-15)20(2)11-12-22-16-9-7-14(18)8-10-16/h7-10,13,15H,3-6,11-12H2,1-2H3,(H,19,21). The van der Waals surface area contributed by atoms with Crippen molar-refractivity contribution in [2.75, 3.05) is 20.2 Å². The van der Waals surface area contributed by atoms with E-state index in [1.807, 2.05) is 43.1 Å². The van der Waals surface area contributed by atoms with Gasteiger partial charge in [-0.05, 0) is 51.1 Å². The van der Waals surface area contributed by atoms with E-state index < -0.39 is 0 Å². The first kappa shape index (κ1) is 17.3. The molecule has 1 aliphatic carbocycles. The van der Waals surface area contributed by atoms with Crippen LogP contribution in [0.3, 0.4) is 0 Å². The average Bonchev–Trinajstić information content (AvgIpc) is 3.01. The summed E-state index contributed by atoms with van der Waals surface area (Å²) in [4.78, 5) is 14.2. The third kappa shape index (κ3) is 5.29. The third-order valence-corrected chi connectivity index (χ3v) is 4.80. The van der Waals surface area contributed by atoms with Crippen molar-refractivity contribution in [1.82, 2.24) is 10.2 Å². The molecule has 22 heavy (non-hydrogen) atoms. The maximum atomic E-state index is 12.2. The predicted octanol–water partition coefficient (Wildman–Crippen LogP) is 3.21. The number of nitrogens with one attached hydrogen (secondary N) is 1. The van der Waals surface area contributed by atoms with Gasteiger partial charge < -0.3 is 10.1 Å². The van der Waals surface area contributed by atoms with Crippen molar-refractivity contribution in [1.29, 1.82) is 0 Å². The fraction of sp³-hybridized carbons (Fsp3) is 0.588. The number of likely N-dealkylation sites (N-methyl/N-ethyl adjacent to an activating group) is 1. The molecule has 4 nitrogen and oxygen atoms in total. The molecule has 1 unspecified atom stereocenters. The van der Waals surface area contributed by atoms with Crippen LogP contribution in [0, 0.1) is 0 Å². The number of ether oxygens (including phenoxy) is 1. The molecule has 1 saturated carbocycles. The Bertz CT molecular complexity index is 472. The van der Waals surface area contributed by atoms with Crippen LogP contribution in [0.25, 0.3) is 0 Å². The molecule has 122 valence electrons. The van der Waals surface area contributed by atoms with Crippen LogP contribution in [0.2, 0.25) is 0 Å². The van der Waals surface area contributed by atoms with Crippen LogP contribution in [0.1, 0.15) is 32.6 Å². The average molecular weight is 369 g/mol. The Hall–Kier alpha value is -1.07. The van der Waals surface area contributed by atoms with Crippen molar-refractivity contribution in [2.24, 2.45) is 0 Å². The lowest BCUT2D eigenvalue weighted by Gasteiger charge is -2.25. The highest BCUT2D eigenvalue weighted by molar-refractivity contribution is 9.10. The highest BCUT2D eigenvalue weighted by atomic mass is 79.9. The lowest BCUT2D eigenvalue weighted by Crippen LogP contribution is -2.47. The Balaban J connectivity index is 1.69. The normalized spacial score (nSPS) is 16.7. The molecule has 1 amide bonds. The Labute approximate surface area is 141 Å². The van der Waals surface area contributed by atoms with Crippen molar-refractivity contribution in [3.8, 4) is 5.75 Å². The fourth-order valence-electron chi connectivity index (χ4n) is 2.62. The summed E-state index contributed by atoms with van der Waals surface area (Å²) in [6.07, 6.45) is 4.70. The quantitative estimate of drug-likeness (QED) is 0.803. The summed E-state index contributed by atoms with van der Waals surface area (Å²) in [5.41, 5.74) is 0. The van der Waals surface area contributed by atoms with Crippen LogP contribution >= 0.6 is 15.9 Å². The van der Waals surface area contributed by atoms with Gasteiger partial charge in [-0.3, -0.25) is 9.69 Å². The number of hydrogen-bond acceptors (Lipinski definition) is 3. The first-order chi connectivity index (χ1) is 10.6. The first-order valence-electron chi connectivity index (χ1n) is 7.95. The zero-order valence-electron chi connectivity index (χ0n) is 13.3. The van der Waals surface area contributed by atoms with Crippen LogP contribution < -0.4 is 10.1 Å². The molecular weight excluding hydrogens is 344 g/mol. The van der Waals surface area contributed by atoms with Gasteiger partial charge in [0.15, 0.2) is 0 Å². The van der Waals surface area contributed by atoms with Crippen molar-refractivity contribution in [2.45, 2.75) is 44.7 Å². The van der Waals surface area contributed by atoms with E-state index in [1.165, 1.54) is 12.8 Å². The minimum Gasteiger partial charge on any atom is -0.492 e. The van der Waals surface area contributed by atoms with E-state index in [2.05, 4.69) is 21.2 Å². The van der Waals surface area contributed by atoms with Crippen molar-refractivity contribution in [3.63, 3.8) is 0 Å². The van der Waals surface area contributed by atoms with Gasteiger partial charge in [0.05, 0.1) is 6.04 Å². The minimum absolute atomic E-state index is 0.123. The number of amides is 1. The van der Waals surface area contributed by atoms with Gasteiger partial charge in [0, 0.05) is 17.1 Å². The number of rotatable bonds is 7. The minimum atomic E-state index is -0.130. The Morgan fingerprint density at radius 2 is 2.00 bits per heavy atom. The molecule has 2 rings (SSSR count). The second kappa shape index (κ2) is 8.53. The zero-order chi connectivity index (χ0) is 15.9. The van der Waals surface area contributed by atoms with E-state index in [-0.39, 0.29) is 11.9 Å². The lowest BCUT2D eigenvalue weighted by molar-refractivity contribution is -0.126. The van der Waals surface area contributed by atoms with E-state index >= 15 is 0 Å². The van der Waals surface area contributed by atoms with Gasteiger partial charge in [-0.1, -0.05) is 28.8 Å². The summed E-state index contributed by atoms with van der Waals surface area (Å²) in [6.45, 7) is 3.23. The summed E-state index contributed by atoms with van der Waals surface area (Å²) >= 11 is 3.40. The molecule has 5 heteroatoms. The molecule has 0 aliphatic heterocycles. The number of halogens is 1.